The maximum atomic E-state index is 12.8. The van der Waals surface area contributed by atoms with Crippen molar-refractivity contribution >= 4 is 11.0 Å². The Labute approximate surface area is 91.0 Å². The first-order valence-corrected chi connectivity index (χ1v) is 4.88. The number of aromatic amines is 1. The summed E-state index contributed by atoms with van der Waals surface area (Å²) in [5.74, 6) is -0.237. The van der Waals surface area contributed by atoms with Crippen LogP contribution < -0.4 is 0 Å². The average molecular weight is 213 g/mol. The molecule has 1 aromatic carbocycles. The highest BCUT2D eigenvalue weighted by molar-refractivity contribution is 5.79. The molecule has 3 rings (SSSR count). The molecule has 0 saturated carbocycles. The van der Waals surface area contributed by atoms with E-state index in [1.165, 1.54) is 12.1 Å². The van der Waals surface area contributed by atoms with E-state index in [1.54, 1.807) is 24.5 Å². The van der Waals surface area contributed by atoms with E-state index in [2.05, 4.69) is 15.2 Å². The summed E-state index contributed by atoms with van der Waals surface area (Å²) in [5, 5.41) is 6.76. The number of hydrogen-bond acceptors (Lipinski definition) is 2. The molecule has 0 bridgehead atoms. The summed E-state index contributed by atoms with van der Waals surface area (Å²) in [6.45, 7) is 0. The lowest BCUT2D eigenvalue weighted by Gasteiger charge is -2.00. The lowest BCUT2D eigenvalue weighted by Crippen LogP contribution is -1.82. The average Bonchev–Trinajstić information content (AvgIpc) is 2.77. The second-order valence-corrected chi connectivity index (χ2v) is 3.53. The number of nitrogens with zero attached hydrogens (tertiary/aromatic N) is 2. The molecule has 4 heteroatoms. The van der Waals surface area contributed by atoms with E-state index in [-0.39, 0.29) is 5.82 Å². The predicted octanol–water partition coefficient (Wildman–Crippen LogP) is 2.76. The van der Waals surface area contributed by atoms with E-state index in [0.717, 1.165) is 22.2 Å². The number of halogens is 1. The van der Waals surface area contributed by atoms with Gasteiger partial charge in [0.25, 0.3) is 0 Å². The van der Waals surface area contributed by atoms with Gasteiger partial charge >= 0.3 is 0 Å². The van der Waals surface area contributed by atoms with Crippen LogP contribution in [0, 0.1) is 5.82 Å². The molecule has 2 aromatic heterocycles. The third-order valence-corrected chi connectivity index (χ3v) is 2.47. The summed E-state index contributed by atoms with van der Waals surface area (Å²) in [6.07, 6.45) is 3.43. The van der Waals surface area contributed by atoms with Gasteiger partial charge in [-0.2, -0.15) is 5.10 Å². The lowest BCUT2D eigenvalue weighted by atomic mass is 10.1. The smallest absolute Gasteiger partial charge is 0.123 e. The monoisotopic (exact) mass is 213 g/mol. The van der Waals surface area contributed by atoms with Crippen LogP contribution in [0.25, 0.3) is 22.2 Å². The summed E-state index contributed by atoms with van der Waals surface area (Å²) in [7, 11) is 0. The molecule has 1 N–H and O–H groups in total. The molecule has 0 amide bonds. The summed E-state index contributed by atoms with van der Waals surface area (Å²) in [5.41, 5.74) is 3.58. The topological polar surface area (TPSA) is 41.6 Å². The summed E-state index contributed by atoms with van der Waals surface area (Å²) < 4.78 is 12.8. The van der Waals surface area contributed by atoms with Gasteiger partial charge in [-0.25, -0.2) is 4.39 Å². The van der Waals surface area contributed by atoms with Crippen LogP contribution in [-0.2, 0) is 0 Å². The highest BCUT2D eigenvalue weighted by atomic mass is 19.1. The minimum absolute atomic E-state index is 0.237. The van der Waals surface area contributed by atoms with Crippen molar-refractivity contribution in [2.75, 3.05) is 0 Å². The molecule has 16 heavy (non-hydrogen) atoms. The largest absolute Gasteiger partial charge is 0.276 e. The Morgan fingerprint density at radius 3 is 2.62 bits per heavy atom. The third kappa shape index (κ3) is 1.44. The SMILES string of the molecule is Fc1ccc(-c2cnc3cn[nH]c3c2)cc1. The highest BCUT2D eigenvalue weighted by Crippen LogP contribution is 2.21. The van der Waals surface area contributed by atoms with E-state index in [9.17, 15) is 4.39 Å². The first-order chi connectivity index (χ1) is 7.83. The van der Waals surface area contributed by atoms with Crippen LogP contribution in [-0.4, -0.2) is 15.2 Å². The summed E-state index contributed by atoms with van der Waals surface area (Å²) in [6, 6.07) is 8.28. The number of aromatic nitrogens is 3. The quantitative estimate of drug-likeness (QED) is 0.675. The van der Waals surface area contributed by atoms with Crippen molar-refractivity contribution in [2.45, 2.75) is 0 Å². The Morgan fingerprint density at radius 1 is 1.00 bits per heavy atom. The molecule has 3 nitrogen and oxygen atoms in total. The van der Waals surface area contributed by atoms with Crippen molar-refractivity contribution in [2.24, 2.45) is 0 Å². The van der Waals surface area contributed by atoms with E-state index in [0.29, 0.717) is 0 Å². The molecular weight excluding hydrogens is 205 g/mol. The number of fused-ring (bicyclic) bond motifs is 1. The summed E-state index contributed by atoms with van der Waals surface area (Å²) in [4.78, 5) is 4.25. The molecule has 0 aliphatic heterocycles. The number of pyridine rings is 1. The second kappa shape index (κ2) is 3.41. The van der Waals surface area contributed by atoms with Crippen LogP contribution in [0.3, 0.4) is 0 Å². The molecule has 0 unspecified atom stereocenters. The Kier molecular flexibility index (Phi) is 1.93. The fourth-order valence-electron chi connectivity index (χ4n) is 1.63. The number of nitrogens with one attached hydrogen (secondary N) is 1. The van der Waals surface area contributed by atoms with Crippen LogP contribution in [0.2, 0.25) is 0 Å². The van der Waals surface area contributed by atoms with Crippen LogP contribution in [0.5, 0.6) is 0 Å². The third-order valence-electron chi connectivity index (χ3n) is 2.47. The molecule has 2 heterocycles. The molecule has 3 aromatic rings. The molecule has 0 fully saturated rings. The highest BCUT2D eigenvalue weighted by Gasteiger charge is 2.02. The fraction of sp³-hybridized carbons (Fsp3) is 0. The maximum Gasteiger partial charge on any atom is 0.123 e. The fourth-order valence-corrected chi connectivity index (χ4v) is 1.63. The van der Waals surface area contributed by atoms with E-state index in [1.807, 2.05) is 6.07 Å². The number of H-pyrrole nitrogens is 1. The van der Waals surface area contributed by atoms with Crippen molar-refractivity contribution < 1.29 is 4.39 Å². The van der Waals surface area contributed by atoms with Crippen LogP contribution in [0.4, 0.5) is 4.39 Å². The van der Waals surface area contributed by atoms with Crippen molar-refractivity contribution in [1.29, 1.82) is 0 Å². The van der Waals surface area contributed by atoms with Crippen molar-refractivity contribution in [3.63, 3.8) is 0 Å². The van der Waals surface area contributed by atoms with E-state index >= 15 is 0 Å². The second-order valence-electron chi connectivity index (χ2n) is 3.53. The van der Waals surface area contributed by atoms with Crippen LogP contribution in [0.1, 0.15) is 0 Å². The maximum absolute atomic E-state index is 12.8. The standard InChI is InChI=1S/C12H8FN3/c13-10-3-1-8(2-4-10)9-5-11-12(14-6-9)7-15-16-11/h1-7H,(H,15,16). The number of hydrogen-bond donors (Lipinski definition) is 1. The first-order valence-electron chi connectivity index (χ1n) is 4.88. The normalized spacial score (nSPS) is 10.8. The number of rotatable bonds is 1. The molecule has 0 atom stereocenters. The molecule has 0 saturated heterocycles. The van der Waals surface area contributed by atoms with Gasteiger partial charge in [-0.05, 0) is 23.8 Å². The minimum atomic E-state index is -0.237. The Hall–Kier alpha value is -2.23. The van der Waals surface area contributed by atoms with Gasteiger partial charge in [0.05, 0.1) is 11.7 Å². The molecule has 0 aliphatic carbocycles. The Balaban J connectivity index is 2.14. The Bertz CT molecular complexity index is 628. The zero-order valence-electron chi connectivity index (χ0n) is 8.31. The zero-order valence-corrected chi connectivity index (χ0v) is 8.31. The molecule has 78 valence electrons. The predicted molar refractivity (Wildman–Crippen MR) is 59.3 cm³/mol. The lowest BCUT2D eigenvalue weighted by molar-refractivity contribution is 0.628. The molecule has 0 aliphatic rings. The summed E-state index contributed by atoms with van der Waals surface area (Å²) >= 11 is 0. The van der Waals surface area contributed by atoms with Crippen molar-refractivity contribution in [1.82, 2.24) is 15.2 Å². The minimum Gasteiger partial charge on any atom is -0.276 e. The molecular formula is C12H8FN3. The van der Waals surface area contributed by atoms with Gasteiger partial charge in [-0.3, -0.25) is 10.1 Å². The zero-order chi connectivity index (χ0) is 11.0. The van der Waals surface area contributed by atoms with Gasteiger partial charge in [0, 0.05) is 11.8 Å². The van der Waals surface area contributed by atoms with E-state index < -0.39 is 0 Å². The van der Waals surface area contributed by atoms with Gasteiger partial charge in [-0.15, -0.1) is 0 Å². The molecule has 0 radical (unpaired) electrons. The van der Waals surface area contributed by atoms with Crippen LogP contribution in [0.15, 0.2) is 42.7 Å². The van der Waals surface area contributed by atoms with Gasteiger partial charge in [0.15, 0.2) is 0 Å². The first kappa shape index (κ1) is 9.03. The van der Waals surface area contributed by atoms with Crippen molar-refractivity contribution in [3.05, 3.63) is 48.5 Å². The van der Waals surface area contributed by atoms with Gasteiger partial charge < -0.3 is 0 Å². The molecule has 0 spiro atoms. The number of benzene rings is 1. The van der Waals surface area contributed by atoms with Gasteiger partial charge in [0.1, 0.15) is 11.3 Å². The van der Waals surface area contributed by atoms with Gasteiger partial charge in [-0.1, -0.05) is 12.1 Å². The Morgan fingerprint density at radius 2 is 1.81 bits per heavy atom. The van der Waals surface area contributed by atoms with Crippen molar-refractivity contribution in [3.8, 4) is 11.1 Å². The van der Waals surface area contributed by atoms with Crippen LogP contribution >= 0.6 is 0 Å². The van der Waals surface area contributed by atoms with E-state index in [4.69, 9.17) is 0 Å². The van der Waals surface area contributed by atoms with Gasteiger partial charge in [0.2, 0.25) is 0 Å².